The van der Waals surface area contributed by atoms with Crippen molar-refractivity contribution in [2.24, 2.45) is 0 Å². The minimum absolute atomic E-state index is 0.0488. The minimum atomic E-state index is 0.0488. The van der Waals surface area contributed by atoms with Crippen molar-refractivity contribution >= 4 is 34.1 Å². The number of rotatable bonds is 4. The van der Waals surface area contributed by atoms with Gasteiger partial charge in [-0.15, -0.1) is 11.3 Å². The number of hydrogen-bond donors (Lipinski definition) is 2. The van der Waals surface area contributed by atoms with Crippen molar-refractivity contribution < 1.29 is 4.79 Å². The van der Waals surface area contributed by atoms with Crippen molar-refractivity contribution in [3.63, 3.8) is 0 Å². The molecule has 0 aliphatic carbocycles. The molecule has 9 nitrogen and oxygen atoms in total. The highest BCUT2D eigenvalue weighted by molar-refractivity contribution is 7.16. The van der Waals surface area contributed by atoms with E-state index in [0.29, 0.717) is 19.0 Å². The van der Waals surface area contributed by atoms with E-state index in [4.69, 9.17) is 4.98 Å². The maximum absolute atomic E-state index is 12.2. The maximum Gasteiger partial charge on any atom is 0.241 e. The van der Waals surface area contributed by atoms with E-state index in [-0.39, 0.29) is 5.91 Å². The zero-order valence-electron chi connectivity index (χ0n) is 15.4. The van der Waals surface area contributed by atoms with Crippen LogP contribution in [0.1, 0.15) is 10.6 Å². The molecule has 3 aromatic rings. The van der Waals surface area contributed by atoms with E-state index in [9.17, 15) is 4.79 Å². The number of hydrogen-bond acceptors (Lipinski definition) is 8. The van der Waals surface area contributed by atoms with Gasteiger partial charge in [-0.3, -0.25) is 9.89 Å². The molecule has 0 radical (unpaired) electrons. The van der Waals surface area contributed by atoms with Gasteiger partial charge >= 0.3 is 0 Å². The Balaban J connectivity index is 1.62. The van der Waals surface area contributed by atoms with Crippen LogP contribution >= 0.6 is 11.3 Å². The maximum atomic E-state index is 12.2. The highest BCUT2D eigenvalue weighted by atomic mass is 32.1. The summed E-state index contributed by atoms with van der Waals surface area (Å²) >= 11 is 1.58. The molecule has 1 aliphatic rings. The van der Waals surface area contributed by atoms with Crippen LogP contribution in [0.3, 0.4) is 0 Å². The summed E-state index contributed by atoms with van der Waals surface area (Å²) < 4.78 is 0. The zero-order valence-corrected chi connectivity index (χ0v) is 16.2. The number of aromatic amines is 1. The van der Waals surface area contributed by atoms with Crippen LogP contribution < -0.4 is 10.2 Å². The molecule has 0 aromatic carbocycles. The molecule has 0 spiro atoms. The first-order chi connectivity index (χ1) is 13.0. The lowest BCUT2D eigenvalue weighted by molar-refractivity contribution is -0.127. The second-order valence-corrected chi connectivity index (χ2v) is 7.61. The number of likely N-dealkylation sites (N-methyl/N-ethyl adjacent to an activating group) is 1. The van der Waals surface area contributed by atoms with Gasteiger partial charge in [0.05, 0.1) is 24.0 Å². The van der Waals surface area contributed by atoms with E-state index in [1.165, 1.54) is 0 Å². The lowest BCUT2D eigenvalue weighted by Crippen LogP contribution is -2.37. The Kier molecular flexibility index (Phi) is 4.48. The molecular formula is C17H20N8OS. The first-order valence-corrected chi connectivity index (χ1v) is 9.38. The van der Waals surface area contributed by atoms with Crippen LogP contribution in [0.5, 0.6) is 0 Å². The Morgan fingerprint density at radius 1 is 1.41 bits per heavy atom. The molecular weight excluding hydrogens is 364 g/mol. The molecule has 2 N–H and O–H groups in total. The van der Waals surface area contributed by atoms with Gasteiger partial charge in [0.1, 0.15) is 5.82 Å². The normalized spacial score (nSPS) is 12.9. The van der Waals surface area contributed by atoms with Gasteiger partial charge in [-0.1, -0.05) is 0 Å². The molecule has 0 unspecified atom stereocenters. The average Bonchev–Trinajstić information content (AvgIpc) is 3.22. The Labute approximate surface area is 160 Å². The SMILES string of the molecule is Cc1ccnc(Nc2nc3c(s2)CCN(CC(=O)N(C)C)c2[nH]ncc2-3)n1. The summed E-state index contributed by atoms with van der Waals surface area (Å²) in [7, 11) is 3.52. The largest absolute Gasteiger partial charge is 0.347 e. The lowest BCUT2D eigenvalue weighted by atomic mass is 10.2. The van der Waals surface area contributed by atoms with Gasteiger partial charge in [0.2, 0.25) is 11.9 Å². The summed E-state index contributed by atoms with van der Waals surface area (Å²) in [6.45, 7) is 2.94. The topological polar surface area (TPSA) is 103 Å². The Hall–Kier alpha value is -3.01. The number of nitrogens with zero attached hydrogens (tertiary/aromatic N) is 6. The number of thiazole rings is 1. The van der Waals surface area contributed by atoms with Gasteiger partial charge in [0, 0.05) is 43.8 Å². The third-order valence-electron chi connectivity index (χ3n) is 4.34. The number of carbonyl (C=O) groups excluding carboxylic acids is 1. The van der Waals surface area contributed by atoms with Crippen molar-refractivity contribution in [2.45, 2.75) is 13.3 Å². The second-order valence-electron chi connectivity index (χ2n) is 6.53. The van der Waals surface area contributed by atoms with E-state index in [1.807, 2.05) is 17.9 Å². The molecule has 27 heavy (non-hydrogen) atoms. The molecule has 0 atom stereocenters. The number of aromatic nitrogens is 5. The molecule has 3 aromatic heterocycles. The molecule has 0 saturated heterocycles. The summed E-state index contributed by atoms with van der Waals surface area (Å²) in [6, 6.07) is 1.85. The van der Waals surface area contributed by atoms with Crippen molar-refractivity contribution in [3.8, 4) is 11.3 Å². The fourth-order valence-corrected chi connectivity index (χ4v) is 3.85. The minimum Gasteiger partial charge on any atom is -0.347 e. The summed E-state index contributed by atoms with van der Waals surface area (Å²) in [5.74, 6) is 1.41. The van der Waals surface area contributed by atoms with E-state index in [1.54, 1.807) is 42.7 Å². The third kappa shape index (κ3) is 3.47. The van der Waals surface area contributed by atoms with E-state index >= 15 is 0 Å². The molecule has 4 heterocycles. The molecule has 0 fully saturated rings. The zero-order chi connectivity index (χ0) is 19.0. The molecule has 1 aliphatic heterocycles. The smallest absolute Gasteiger partial charge is 0.241 e. The highest BCUT2D eigenvalue weighted by Gasteiger charge is 2.26. The van der Waals surface area contributed by atoms with Gasteiger partial charge in [0.15, 0.2) is 5.13 Å². The Bertz CT molecular complexity index is 979. The van der Waals surface area contributed by atoms with Gasteiger partial charge in [-0.25, -0.2) is 15.0 Å². The number of nitrogens with one attached hydrogen (secondary N) is 2. The van der Waals surface area contributed by atoms with Crippen molar-refractivity contribution in [1.82, 2.24) is 30.0 Å². The van der Waals surface area contributed by atoms with Crippen LogP contribution in [0, 0.1) is 6.92 Å². The number of anilines is 3. The molecule has 140 valence electrons. The highest BCUT2D eigenvalue weighted by Crippen LogP contribution is 2.39. The number of aryl methyl sites for hydroxylation is 1. The van der Waals surface area contributed by atoms with E-state index < -0.39 is 0 Å². The predicted molar refractivity (Wildman–Crippen MR) is 104 cm³/mol. The van der Waals surface area contributed by atoms with Crippen LogP contribution in [0.4, 0.5) is 16.9 Å². The number of H-pyrrole nitrogens is 1. The van der Waals surface area contributed by atoms with Crippen LogP contribution in [0.15, 0.2) is 18.5 Å². The van der Waals surface area contributed by atoms with Crippen molar-refractivity contribution in [1.29, 1.82) is 0 Å². The molecule has 0 saturated carbocycles. The van der Waals surface area contributed by atoms with Crippen molar-refractivity contribution in [2.75, 3.05) is 37.4 Å². The van der Waals surface area contributed by atoms with Crippen LogP contribution in [0.25, 0.3) is 11.3 Å². The quantitative estimate of drug-likeness (QED) is 0.707. The van der Waals surface area contributed by atoms with Crippen LogP contribution in [-0.2, 0) is 11.2 Å². The number of fused-ring (bicyclic) bond motifs is 3. The monoisotopic (exact) mass is 384 g/mol. The molecule has 10 heteroatoms. The van der Waals surface area contributed by atoms with Crippen molar-refractivity contribution in [3.05, 3.63) is 29.0 Å². The van der Waals surface area contributed by atoms with Gasteiger partial charge < -0.3 is 15.1 Å². The standard InChI is InChI=1S/C17H20N8OS/c1-10-4-6-18-16(20-10)22-17-21-14-11-8-19-23-15(11)25(7-5-12(14)27-17)9-13(26)24(2)3/h4,6,8H,5,7,9H2,1-3H3,(H,19,23)(H,18,20,21,22). The van der Waals surface area contributed by atoms with Gasteiger partial charge in [-0.05, 0) is 13.0 Å². The lowest BCUT2D eigenvalue weighted by Gasteiger charge is -2.23. The fraction of sp³-hybridized carbons (Fsp3) is 0.353. The van der Waals surface area contributed by atoms with Crippen LogP contribution in [-0.4, -0.2) is 63.1 Å². The van der Waals surface area contributed by atoms with E-state index in [2.05, 4.69) is 25.5 Å². The summed E-state index contributed by atoms with van der Waals surface area (Å²) in [4.78, 5) is 30.3. The number of carbonyl (C=O) groups is 1. The Morgan fingerprint density at radius 2 is 2.26 bits per heavy atom. The predicted octanol–water partition coefficient (Wildman–Crippen LogP) is 1.83. The summed E-state index contributed by atoms with van der Waals surface area (Å²) in [6.07, 6.45) is 4.28. The molecule has 4 rings (SSSR count). The first-order valence-electron chi connectivity index (χ1n) is 8.56. The average molecular weight is 384 g/mol. The number of amides is 1. The fourth-order valence-electron chi connectivity index (χ4n) is 2.89. The van der Waals surface area contributed by atoms with Gasteiger partial charge in [0.25, 0.3) is 0 Å². The summed E-state index contributed by atoms with van der Waals surface area (Å²) in [5.41, 5.74) is 2.69. The summed E-state index contributed by atoms with van der Waals surface area (Å²) in [5, 5.41) is 11.1. The second kappa shape index (κ2) is 6.95. The molecule has 1 amide bonds. The van der Waals surface area contributed by atoms with Crippen LogP contribution in [0.2, 0.25) is 0 Å². The third-order valence-corrected chi connectivity index (χ3v) is 5.37. The van der Waals surface area contributed by atoms with E-state index in [0.717, 1.165) is 39.2 Å². The Morgan fingerprint density at radius 3 is 3.04 bits per heavy atom. The first kappa shape index (κ1) is 17.4. The van der Waals surface area contributed by atoms with Gasteiger partial charge in [-0.2, -0.15) is 5.10 Å². The molecule has 0 bridgehead atoms.